The number of rotatable bonds is 3. The number of non-ortho nitro benzene ring substituents is 1. The van der Waals surface area contributed by atoms with Crippen LogP contribution in [0.4, 0.5) is 5.69 Å². The van der Waals surface area contributed by atoms with Crippen molar-refractivity contribution in [1.82, 2.24) is 5.06 Å². The Morgan fingerprint density at radius 1 is 1.47 bits per heavy atom. The second-order valence-electron chi connectivity index (χ2n) is 3.68. The predicted molar refractivity (Wildman–Crippen MR) is 60.1 cm³/mol. The standard InChI is InChI=1S/C11H14N2O4/c1-2-12-7-8-16-11(17-12)9-3-5-10(6-4-9)13(14)15/h3-6,11H,2,7-8H2,1H3. The van der Waals surface area contributed by atoms with E-state index < -0.39 is 11.2 Å². The molecule has 1 aliphatic heterocycles. The summed E-state index contributed by atoms with van der Waals surface area (Å²) in [5.74, 6) is 0. The van der Waals surface area contributed by atoms with Crippen LogP contribution in [-0.2, 0) is 9.57 Å². The highest BCUT2D eigenvalue weighted by atomic mass is 16.8. The number of hydrogen-bond acceptors (Lipinski definition) is 5. The van der Waals surface area contributed by atoms with Gasteiger partial charge in [-0.2, -0.15) is 5.06 Å². The lowest BCUT2D eigenvalue weighted by molar-refractivity contribution is -0.385. The van der Waals surface area contributed by atoms with Crippen molar-refractivity contribution in [2.24, 2.45) is 0 Å². The molecule has 6 heteroatoms. The summed E-state index contributed by atoms with van der Waals surface area (Å²) in [6.07, 6.45) is -0.468. The lowest BCUT2D eigenvalue weighted by Gasteiger charge is -2.31. The van der Waals surface area contributed by atoms with Crippen LogP contribution in [0.5, 0.6) is 0 Å². The summed E-state index contributed by atoms with van der Waals surface area (Å²) in [5, 5.41) is 12.3. The van der Waals surface area contributed by atoms with E-state index in [4.69, 9.17) is 9.57 Å². The number of ether oxygens (including phenoxy) is 1. The van der Waals surface area contributed by atoms with Crippen LogP contribution in [0.2, 0.25) is 0 Å². The Morgan fingerprint density at radius 2 is 2.18 bits per heavy atom. The van der Waals surface area contributed by atoms with Gasteiger partial charge in [0.1, 0.15) is 0 Å². The highest BCUT2D eigenvalue weighted by molar-refractivity contribution is 5.33. The van der Waals surface area contributed by atoms with Gasteiger partial charge in [0.15, 0.2) is 0 Å². The van der Waals surface area contributed by atoms with E-state index in [-0.39, 0.29) is 5.69 Å². The third-order valence-electron chi connectivity index (χ3n) is 2.58. The number of nitrogens with zero attached hydrogens (tertiary/aromatic N) is 2. The molecule has 0 aliphatic carbocycles. The van der Waals surface area contributed by atoms with E-state index in [2.05, 4.69) is 0 Å². The zero-order chi connectivity index (χ0) is 12.3. The Hall–Kier alpha value is -1.50. The van der Waals surface area contributed by atoms with E-state index in [9.17, 15) is 10.1 Å². The molecule has 1 heterocycles. The second kappa shape index (κ2) is 5.22. The molecular formula is C11H14N2O4. The summed E-state index contributed by atoms with van der Waals surface area (Å²) in [4.78, 5) is 15.7. The van der Waals surface area contributed by atoms with Gasteiger partial charge in [-0.15, -0.1) is 0 Å². The smallest absolute Gasteiger partial charge is 0.269 e. The average Bonchev–Trinajstić information content (AvgIpc) is 2.39. The van der Waals surface area contributed by atoms with Gasteiger partial charge in [0, 0.05) is 30.8 Å². The molecule has 1 aromatic carbocycles. The monoisotopic (exact) mass is 238 g/mol. The third-order valence-corrected chi connectivity index (χ3v) is 2.58. The molecule has 17 heavy (non-hydrogen) atoms. The summed E-state index contributed by atoms with van der Waals surface area (Å²) >= 11 is 0. The van der Waals surface area contributed by atoms with Crippen molar-refractivity contribution in [2.45, 2.75) is 13.2 Å². The summed E-state index contributed by atoms with van der Waals surface area (Å²) in [6.45, 7) is 4.11. The third kappa shape index (κ3) is 2.79. The largest absolute Gasteiger partial charge is 0.346 e. The molecule has 1 saturated heterocycles. The number of likely N-dealkylation sites (N-methyl/N-ethyl adjacent to an activating group) is 1. The minimum Gasteiger partial charge on any atom is -0.346 e. The van der Waals surface area contributed by atoms with Crippen molar-refractivity contribution >= 4 is 5.69 Å². The molecule has 6 nitrogen and oxygen atoms in total. The van der Waals surface area contributed by atoms with Crippen molar-refractivity contribution in [3.63, 3.8) is 0 Å². The maximum atomic E-state index is 10.5. The van der Waals surface area contributed by atoms with Crippen LogP contribution in [0.3, 0.4) is 0 Å². The lowest BCUT2D eigenvalue weighted by Crippen LogP contribution is -2.35. The molecule has 1 unspecified atom stereocenters. The first-order valence-corrected chi connectivity index (χ1v) is 5.48. The van der Waals surface area contributed by atoms with Gasteiger partial charge in [-0.25, -0.2) is 0 Å². The maximum Gasteiger partial charge on any atom is 0.269 e. The molecule has 2 rings (SSSR count). The first-order valence-electron chi connectivity index (χ1n) is 5.48. The Bertz CT molecular complexity index is 393. The molecule has 1 atom stereocenters. The number of nitro groups is 1. The molecule has 1 fully saturated rings. The van der Waals surface area contributed by atoms with Gasteiger partial charge in [0.05, 0.1) is 11.5 Å². The van der Waals surface area contributed by atoms with Gasteiger partial charge in [0.25, 0.3) is 5.69 Å². The van der Waals surface area contributed by atoms with E-state index >= 15 is 0 Å². The van der Waals surface area contributed by atoms with Gasteiger partial charge >= 0.3 is 0 Å². The predicted octanol–water partition coefficient (Wildman–Crippen LogP) is 1.88. The zero-order valence-electron chi connectivity index (χ0n) is 9.54. The fraction of sp³-hybridized carbons (Fsp3) is 0.455. The van der Waals surface area contributed by atoms with E-state index in [1.54, 1.807) is 12.1 Å². The van der Waals surface area contributed by atoms with Crippen LogP contribution in [0.25, 0.3) is 0 Å². The average molecular weight is 238 g/mol. The summed E-state index contributed by atoms with van der Waals surface area (Å²) in [5.41, 5.74) is 0.852. The van der Waals surface area contributed by atoms with Crippen LogP contribution < -0.4 is 0 Å². The van der Waals surface area contributed by atoms with E-state index in [0.29, 0.717) is 6.61 Å². The molecule has 0 radical (unpaired) electrons. The van der Waals surface area contributed by atoms with E-state index in [1.165, 1.54) is 12.1 Å². The summed E-state index contributed by atoms with van der Waals surface area (Å²) in [6, 6.07) is 6.21. The van der Waals surface area contributed by atoms with Crippen molar-refractivity contribution in [3.8, 4) is 0 Å². The topological polar surface area (TPSA) is 64.8 Å². The van der Waals surface area contributed by atoms with Crippen LogP contribution >= 0.6 is 0 Å². The molecular weight excluding hydrogens is 224 g/mol. The molecule has 92 valence electrons. The normalized spacial score (nSPS) is 21.4. The molecule has 0 N–H and O–H groups in total. The molecule has 0 aromatic heterocycles. The molecule has 1 aliphatic rings. The van der Waals surface area contributed by atoms with Gasteiger partial charge in [-0.1, -0.05) is 6.92 Å². The van der Waals surface area contributed by atoms with Gasteiger partial charge in [-0.05, 0) is 12.1 Å². The Labute approximate surface area is 98.8 Å². The van der Waals surface area contributed by atoms with Crippen LogP contribution in [0.1, 0.15) is 18.8 Å². The van der Waals surface area contributed by atoms with Gasteiger partial charge < -0.3 is 4.74 Å². The summed E-state index contributed by atoms with van der Waals surface area (Å²) in [7, 11) is 0. The fourth-order valence-corrected chi connectivity index (χ4v) is 1.62. The Kier molecular flexibility index (Phi) is 3.68. The first kappa shape index (κ1) is 12.0. The van der Waals surface area contributed by atoms with Crippen LogP contribution in [0.15, 0.2) is 24.3 Å². The lowest BCUT2D eigenvalue weighted by atomic mass is 10.2. The van der Waals surface area contributed by atoms with E-state index in [0.717, 1.165) is 18.7 Å². The Balaban J connectivity index is 2.08. The van der Waals surface area contributed by atoms with Crippen molar-refractivity contribution in [3.05, 3.63) is 39.9 Å². The Morgan fingerprint density at radius 3 is 2.76 bits per heavy atom. The van der Waals surface area contributed by atoms with Crippen molar-refractivity contribution in [1.29, 1.82) is 0 Å². The van der Waals surface area contributed by atoms with Crippen LogP contribution in [-0.4, -0.2) is 29.7 Å². The molecule has 0 saturated carbocycles. The SMILES string of the molecule is CCN1CCOC(c2ccc([N+](=O)[O-])cc2)O1. The highest BCUT2D eigenvalue weighted by Crippen LogP contribution is 2.25. The number of benzene rings is 1. The maximum absolute atomic E-state index is 10.5. The van der Waals surface area contributed by atoms with E-state index in [1.807, 2.05) is 12.0 Å². The molecule has 0 spiro atoms. The quantitative estimate of drug-likeness (QED) is 0.594. The van der Waals surface area contributed by atoms with Crippen molar-refractivity contribution < 1.29 is 14.5 Å². The molecule has 0 amide bonds. The minimum absolute atomic E-state index is 0.0666. The highest BCUT2D eigenvalue weighted by Gasteiger charge is 2.22. The first-order chi connectivity index (χ1) is 8.20. The second-order valence-corrected chi connectivity index (χ2v) is 3.68. The molecule has 0 bridgehead atoms. The minimum atomic E-state index is -0.468. The van der Waals surface area contributed by atoms with Gasteiger partial charge in [0.2, 0.25) is 6.29 Å². The van der Waals surface area contributed by atoms with Gasteiger partial charge in [-0.3, -0.25) is 15.0 Å². The number of hydroxylamine groups is 2. The van der Waals surface area contributed by atoms with Crippen molar-refractivity contribution in [2.75, 3.05) is 19.7 Å². The molecule has 1 aromatic rings. The van der Waals surface area contributed by atoms with Crippen LogP contribution in [0, 0.1) is 10.1 Å². The summed E-state index contributed by atoms with van der Waals surface area (Å²) < 4.78 is 5.46. The zero-order valence-corrected chi connectivity index (χ0v) is 9.54. The number of hydrogen-bond donors (Lipinski definition) is 0. The number of nitro benzene ring substituents is 1. The fourth-order valence-electron chi connectivity index (χ4n) is 1.62.